The number of nitrogens with zero attached hydrogens (tertiary/aromatic N) is 3. The van der Waals surface area contributed by atoms with Gasteiger partial charge in [-0.05, 0) is 12.3 Å². The number of aliphatic hydroxyl groups is 1. The molecular weight excluding hydrogens is 216 g/mol. The molecule has 1 unspecified atom stereocenters. The first-order chi connectivity index (χ1) is 8.15. The molecule has 17 heavy (non-hydrogen) atoms. The molecule has 1 aliphatic heterocycles. The summed E-state index contributed by atoms with van der Waals surface area (Å²) in [5.74, 6) is 2.33. The third-order valence-electron chi connectivity index (χ3n) is 2.83. The molecule has 5 heteroatoms. The van der Waals surface area contributed by atoms with Gasteiger partial charge in [0.15, 0.2) is 0 Å². The van der Waals surface area contributed by atoms with E-state index in [0.29, 0.717) is 12.5 Å². The first-order valence-electron chi connectivity index (χ1n) is 6.14. The highest BCUT2D eigenvalue weighted by molar-refractivity contribution is 5.49. The average Bonchev–Trinajstić information content (AvgIpc) is 2.74. The predicted octanol–water partition coefficient (Wildman–Crippen LogP) is 1.12. The lowest BCUT2D eigenvalue weighted by molar-refractivity contribution is 0.198. The van der Waals surface area contributed by atoms with E-state index in [1.807, 2.05) is 6.07 Å². The first kappa shape index (κ1) is 12.1. The Bertz CT molecular complexity index is 369. The maximum Gasteiger partial charge on any atom is 0.134 e. The van der Waals surface area contributed by atoms with Gasteiger partial charge in [0, 0.05) is 25.7 Å². The standard InChI is InChI=1S/C12H20N4O/c1-9(2)6-13-11-5-12(15-8-14-11)16-4-3-10(17)7-16/h5,8-10,17H,3-4,6-7H2,1-2H3,(H,13,14,15). The molecular formula is C12H20N4O. The Morgan fingerprint density at radius 1 is 1.53 bits per heavy atom. The monoisotopic (exact) mass is 236 g/mol. The molecule has 2 heterocycles. The second-order valence-corrected chi connectivity index (χ2v) is 4.92. The van der Waals surface area contributed by atoms with E-state index in [4.69, 9.17) is 0 Å². The Labute approximate surface area is 102 Å². The summed E-state index contributed by atoms with van der Waals surface area (Å²) in [5.41, 5.74) is 0. The third kappa shape index (κ3) is 3.30. The Hall–Kier alpha value is -1.36. The van der Waals surface area contributed by atoms with E-state index >= 15 is 0 Å². The van der Waals surface area contributed by atoms with Crippen molar-refractivity contribution in [1.29, 1.82) is 0 Å². The molecule has 0 aromatic carbocycles. The highest BCUT2D eigenvalue weighted by Crippen LogP contribution is 2.19. The fourth-order valence-corrected chi connectivity index (χ4v) is 1.88. The molecule has 1 aromatic heterocycles. The van der Waals surface area contributed by atoms with Crippen LogP contribution in [-0.4, -0.2) is 40.8 Å². The van der Waals surface area contributed by atoms with Crippen LogP contribution in [0.5, 0.6) is 0 Å². The third-order valence-corrected chi connectivity index (χ3v) is 2.83. The summed E-state index contributed by atoms with van der Waals surface area (Å²) in [6.45, 7) is 6.75. The van der Waals surface area contributed by atoms with Gasteiger partial charge in [0.2, 0.25) is 0 Å². The van der Waals surface area contributed by atoms with Crippen LogP contribution in [-0.2, 0) is 0 Å². The summed E-state index contributed by atoms with van der Waals surface area (Å²) in [5, 5.41) is 12.8. The largest absolute Gasteiger partial charge is 0.391 e. The fourth-order valence-electron chi connectivity index (χ4n) is 1.88. The van der Waals surface area contributed by atoms with Crippen LogP contribution < -0.4 is 10.2 Å². The lowest BCUT2D eigenvalue weighted by Gasteiger charge is -2.17. The summed E-state index contributed by atoms with van der Waals surface area (Å²) in [7, 11) is 0. The van der Waals surface area contributed by atoms with Crippen LogP contribution in [0.4, 0.5) is 11.6 Å². The van der Waals surface area contributed by atoms with Crippen molar-refractivity contribution in [3.05, 3.63) is 12.4 Å². The van der Waals surface area contributed by atoms with Gasteiger partial charge in [0.25, 0.3) is 0 Å². The van der Waals surface area contributed by atoms with Crippen LogP contribution in [0.2, 0.25) is 0 Å². The van der Waals surface area contributed by atoms with Gasteiger partial charge >= 0.3 is 0 Å². The Balaban J connectivity index is 2.01. The maximum absolute atomic E-state index is 9.51. The Morgan fingerprint density at radius 2 is 2.35 bits per heavy atom. The lowest BCUT2D eigenvalue weighted by Crippen LogP contribution is -2.22. The quantitative estimate of drug-likeness (QED) is 0.820. The minimum Gasteiger partial charge on any atom is -0.391 e. The zero-order valence-electron chi connectivity index (χ0n) is 10.4. The number of anilines is 2. The smallest absolute Gasteiger partial charge is 0.134 e. The lowest BCUT2D eigenvalue weighted by atomic mass is 10.2. The molecule has 1 aromatic rings. The van der Waals surface area contributed by atoms with E-state index in [0.717, 1.165) is 31.1 Å². The van der Waals surface area contributed by atoms with E-state index in [1.165, 1.54) is 0 Å². The summed E-state index contributed by atoms with van der Waals surface area (Å²) >= 11 is 0. The van der Waals surface area contributed by atoms with Crippen LogP contribution in [0, 0.1) is 5.92 Å². The Kier molecular flexibility index (Phi) is 3.78. The fraction of sp³-hybridized carbons (Fsp3) is 0.667. The molecule has 0 spiro atoms. The van der Waals surface area contributed by atoms with Crippen molar-refractivity contribution >= 4 is 11.6 Å². The van der Waals surface area contributed by atoms with Gasteiger partial charge < -0.3 is 15.3 Å². The van der Waals surface area contributed by atoms with E-state index in [9.17, 15) is 5.11 Å². The molecule has 0 bridgehead atoms. The van der Waals surface area contributed by atoms with Crippen molar-refractivity contribution in [3.63, 3.8) is 0 Å². The minimum absolute atomic E-state index is 0.225. The van der Waals surface area contributed by atoms with Gasteiger partial charge in [-0.1, -0.05) is 13.8 Å². The Morgan fingerprint density at radius 3 is 3.00 bits per heavy atom. The van der Waals surface area contributed by atoms with Crippen molar-refractivity contribution in [2.45, 2.75) is 26.4 Å². The summed E-state index contributed by atoms with van der Waals surface area (Å²) < 4.78 is 0. The molecule has 2 N–H and O–H groups in total. The van der Waals surface area contributed by atoms with E-state index < -0.39 is 0 Å². The van der Waals surface area contributed by atoms with Gasteiger partial charge in [-0.3, -0.25) is 0 Å². The van der Waals surface area contributed by atoms with Gasteiger partial charge in [0.1, 0.15) is 18.0 Å². The topological polar surface area (TPSA) is 61.3 Å². The highest BCUT2D eigenvalue weighted by atomic mass is 16.3. The number of aromatic nitrogens is 2. The van der Waals surface area contributed by atoms with Crippen molar-refractivity contribution in [2.24, 2.45) is 5.92 Å². The number of hydrogen-bond donors (Lipinski definition) is 2. The van der Waals surface area contributed by atoms with Crippen molar-refractivity contribution in [1.82, 2.24) is 9.97 Å². The number of hydrogen-bond acceptors (Lipinski definition) is 5. The van der Waals surface area contributed by atoms with Gasteiger partial charge in [-0.25, -0.2) is 9.97 Å². The molecule has 0 saturated carbocycles. The van der Waals surface area contributed by atoms with Crippen molar-refractivity contribution in [2.75, 3.05) is 29.9 Å². The SMILES string of the molecule is CC(C)CNc1cc(N2CCC(O)C2)ncn1. The number of rotatable bonds is 4. The highest BCUT2D eigenvalue weighted by Gasteiger charge is 2.21. The molecule has 2 rings (SSSR count). The van der Waals surface area contributed by atoms with Crippen LogP contribution in [0.1, 0.15) is 20.3 Å². The van der Waals surface area contributed by atoms with Crippen molar-refractivity contribution in [3.8, 4) is 0 Å². The summed E-state index contributed by atoms with van der Waals surface area (Å²) in [6, 6.07) is 1.94. The summed E-state index contributed by atoms with van der Waals surface area (Å²) in [6.07, 6.45) is 2.17. The number of nitrogens with one attached hydrogen (secondary N) is 1. The molecule has 1 saturated heterocycles. The van der Waals surface area contributed by atoms with Gasteiger partial charge in [-0.2, -0.15) is 0 Å². The number of β-amino-alcohol motifs (C(OH)–C–C–N with tert-alkyl or cyclic N) is 1. The van der Waals surface area contributed by atoms with E-state index in [-0.39, 0.29) is 6.10 Å². The van der Waals surface area contributed by atoms with Crippen LogP contribution in [0.3, 0.4) is 0 Å². The zero-order chi connectivity index (χ0) is 12.3. The molecule has 1 fully saturated rings. The zero-order valence-corrected chi connectivity index (χ0v) is 10.4. The molecule has 0 radical (unpaired) electrons. The van der Waals surface area contributed by atoms with E-state index in [2.05, 4.69) is 34.0 Å². The number of aliphatic hydroxyl groups excluding tert-OH is 1. The predicted molar refractivity (Wildman–Crippen MR) is 68.2 cm³/mol. The molecule has 0 amide bonds. The molecule has 1 aliphatic rings. The minimum atomic E-state index is -0.225. The first-order valence-corrected chi connectivity index (χ1v) is 6.14. The van der Waals surface area contributed by atoms with Gasteiger partial charge in [0.05, 0.1) is 6.10 Å². The normalized spacial score (nSPS) is 20.0. The van der Waals surface area contributed by atoms with Crippen LogP contribution in [0.25, 0.3) is 0 Å². The van der Waals surface area contributed by atoms with Crippen LogP contribution in [0.15, 0.2) is 12.4 Å². The second-order valence-electron chi connectivity index (χ2n) is 4.92. The molecule has 5 nitrogen and oxygen atoms in total. The van der Waals surface area contributed by atoms with Gasteiger partial charge in [-0.15, -0.1) is 0 Å². The van der Waals surface area contributed by atoms with E-state index in [1.54, 1.807) is 6.33 Å². The maximum atomic E-state index is 9.51. The second kappa shape index (κ2) is 5.31. The average molecular weight is 236 g/mol. The van der Waals surface area contributed by atoms with Crippen LogP contribution >= 0.6 is 0 Å². The molecule has 1 atom stereocenters. The molecule has 94 valence electrons. The summed E-state index contributed by atoms with van der Waals surface area (Å²) in [4.78, 5) is 10.5. The molecule has 0 aliphatic carbocycles. The van der Waals surface area contributed by atoms with Crippen molar-refractivity contribution < 1.29 is 5.11 Å².